The molecule has 4 nitrogen and oxygen atoms in total. The minimum absolute atomic E-state index is 0.164. The lowest BCUT2D eigenvalue weighted by Crippen LogP contribution is -2.52. The molecule has 28 heavy (non-hydrogen) atoms. The van der Waals surface area contributed by atoms with Crippen LogP contribution in [0.1, 0.15) is 37.3 Å². The van der Waals surface area contributed by atoms with Gasteiger partial charge in [-0.2, -0.15) is 30.2 Å². The molecule has 2 aliphatic carbocycles. The molecular weight excluding hydrogens is 394 g/mol. The van der Waals surface area contributed by atoms with E-state index in [1.807, 2.05) is 6.07 Å². The molecule has 0 heterocycles. The Labute approximate surface area is 165 Å². The van der Waals surface area contributed by atoms with E-state index in [0.29, 0.717) is 18.8 Å². The van der Waals surface area contributed by atoms with Crippen LogP contribution in [0.2, 0.25) is 0 Å². The molecule has 0 radical (unpaired) electrons. The molecule has 0 spiro atoms. The molecule has 0 aromatic heterocycles. The van der Waals surface area contributed by atoms with E-state index in [4.69, 9.17) is 5.26 Å². The van der Waals surface area contributed by atoms with Crippen LogP contribution >= 0.6 is 11.8 Å². The van der Waals surface area contributed by atoms with Crippen LogP contribution in [-0.4, -0.2) is 35.2 Å². The third-order valence-electron chi connectivity index (χ3n) is 4.88. The van der Waals surface area contributed by atoms with Crippen molar-refractivity contribution in [2.75, 3.05) is 11.5 Å². The maximum Gasteiger partial charge on any atom is 0.407 e. The van der Waals surface area contributed by atoms with Crippen molar-refractivity contribution in [3.63, 3.8) is 0 Å². The molecule has 2 aliphatic rings. The Morgan fingerprint density at radius 3 is 2.43 bits per heavy atom. The number of alkyl halides is 3. The van der Waals surface area contributed by atoms with Gasteiger partial charge in [-0.15, -0.1) is 0 Å². The average Bonchev–Trinajstić information content (AvgIpc) is 3.54. The van der Waals surface area contributed by atoms with Gasteiger partial charge in [-0.1, -0.05) is 12.1 Å². The van der Waals surface area contributed by atoms with Crippen LogP contribution in [0, 0.1) is 23.1 Å². The first-order valence-electron chi connectivity index (χ1n) is 9.12. The van der Waals surface area contributed by atoms with E-state index < -0.39 is 35.5 Å². The van der Waals surface area contributed by atoms with Gasteiger partial charge in [0.05, 0.1) is 12.1 Å². The molecule has 1 amide bonds. The van der Waals surface area contributed by atoms with Gasteiger partial charge in [0.2, 0.25) is 5.91 Å². The number of rotatable bonds is 9. The van der Waals surface area contributed by atoms with Crippen LogP contribution in [0.3, 0.4) is 0 Å². The second-order valence-corrected chi connectivity index (χ2v) is 8.48. The van der Waals surface area contributed by atoms with Crippen molar-refractivity contribution >= 4 is 17.7 Å². The van der Waals surface area contributed by atoms with E-state index >= 15 is 0 Å². The van der Waals surface area contributed by atoms with Crippen molar-refractivity contribution in [3.8, 4) is 6.07 Å². The molecule has 0 aliphatic heterocycles. The quantitative estimate of drug-likeness (QED) is 0.604. The fourth-order valence-electron chi connectivity index (χ4n) is 2.79. The first kappa shape index (κ1) is 20.9. The molecule has 0 saturated heterocycles. The highest BCUT2D eigenvalue weighted by atomic mass is 32.2. The van der Waals surface area contributed by atoms with E-state index in [-0.39, 0.29) is 11.3 Å². The van der Waals surface area contributed by atoms with Crippen molar-refractivity contribution in [2.45, 2.75) is 49.5 Å². The molecule has 3 rings (SSSR count). The summed E-state index contributed by atoms with van der Waals surface area (Å²) < 4.78 is 54.1. The highest BCUT2D eigenvalue weighted by Gasteiger charge is 2.47. The zero-order valence-corrected chi connectivity index (χ0v) is 15.9. The van der Waals surface area contributed by atoms with Crippen molar-refractivity contribution in [1.29, 1.82) is 5.26 Å². The van der Waals surface area contributed by atoms with Gasteiger partial charge in [-0.3, -0.25) is 10.1 Å². The van der Waals surface area contributed by atoms with Gasteiger partial charge in [0.25, 0.3) is 0 Å². The van der Waals surface area contributed by atoms with Gasteiger partial charge in [0.15, 0.2) is 0 Å². The SMILES string of the molecule is N#CC1(NC(=O)[C@H](CSCC2CC2)N[C@@H](c2ccc(F)cc2)C(F)(F)F)CC1. The first-order chi connectivity index (χ1) is 13.2. The molecule has 1 aromatic rings. The maximum atomic E-state index is 13.7. The Kier molecular flexibility index (Phi) is 6.20. The number of benzene rings is 1. The van der Waals surface area contributed by atoms with Crippen LogP contribution in [0.4, 0.5) is 17.6 Å². The number of amides is 1. The average molecular weight is 415 g/mol. The van der Waals surface area contributed by atoms with Gasteiger partial charge in [0, 0.05) is 5.75 Å². The third kappa shape index (κ3) is 5.61. The molecule has 2 atom stereocenters. The van der Waals surface area contributed by atoms with Gasteiger partial charge in [0.1, 0.15) is 17.4 Å². The second-order valence-electron chi connectivity index (χ2n) is 7.41. The Morgan fingerprint density at radius 1 is 1.29 bits per heavy atom. The summed E-state index contributed by atoms with van der Waals surface area (Å²) in [6, 6.07) is 2.83. The van der Waals surface area contributed by atoms with Gasteiger partial charge in [-0.05, 0) is 55.1 Å². The summed E-state index contributed by atoms with van der Waals surface area (Å²) in [7, 11) is 0. The first-order valence-corrected chi connectivity index (χ1v) is 10.3. The summed E-state index contributed by atoms with van der Waals surface area (Å²) >= 11 is 1.43. The van der Waals surface area contributed by atoms with Crippen molar-refractivity contribution in [2.24, 2.45) is 5.92 Å². The summed E-state index contributed by atoms with van der Waals surface area (Å²) in [5.41, 5.74) is -1.12. The maximum absolute atomic E-state index is 13.7. The van der Waals surface area contributed by atoms with Crippen LogP contribution < -0.4 is 10.6 Å². The van der Waals surface area contributed by atoms with E-state index in [2.05, 4.69) is 10.6 Å². The lowest BCUT2D eigenvalue weighted by atomic mass is 10.0. The van der Waals surface area contributed by atoms with Gasteiger partial charge in [-0.25, -0.2) is 4.39 Å². The van der Waals surface area contributed by atoms with E-state index in [9.17, 15) is 22.4 Å². The van der Waals surface area contributed by atoms with Crippen LogP contribution in [0.25, 0.3) is 0 Å². The number of carbonyl (C=O) groups is 1. The zero-order chi connectivity index (χ0) is 20.4. The molecule has 9 heteroatoms. The Balaban J connectivity index is 1.74. The third-order valence-corrected chi connectivity index (χ3v) is 6.15. The Morgan fingerprint density at radius 2 is 1.93 bits per heavy atom. The highest BCUT2D eigenvalue weighted by molar-refractivity contribution is 7.99. The predicted molar refractivity (Wildman–Crippen MR) is 97.9 cm³/mol. The molecule has 152 valence electrons. The molecular formula is C19H21F4N3OS. The number of halogens is 4. The monoisotopic (exact) mass is 415 g/mol. The normalized spacial score (nSPS) is 20.1. The highest BCUT2D eigenvalue weighted by Crippen LogP contribution is 2.36. The van der Waals surface area contributed by atoms with E-state index in [1.165, 1.54) is 11.8 Å². The molecule has 2 N–H and O–H groups in total. The minimum atomic E-state index is -4.66. The standard InChI is InChI=1S/C19H21F4N3OS/c20-14-5-3-13(4-6-14)16(19(21,22)23)25-15(10-28-9-12-1-2-12)17(27)26-18(11-24)7-8-18/h3-6,12,15-16,25H,1-2,7-10H2,(H,26,27)/t15-,16-/m0/s1. The Hall–Kier alpha value is -1.79. The molecule has 0 bridgehead atoms. The smallest absolute Gasteiger partial charge is 0.336 e. The number of nitrogens with zero attached hydrogens (tertiary/aromatic N) is 1. The largest absolute Gasteiger partial charge is 0.407 e. The van der Waals surface area contributed by atoms with Crippen molar-refractivity contribution < 1.29 is 22.4 Å². The summed E-state index contributed by atoms with van der Waals surface area (Å²) in [6.07, 6.45) is -1.45. The summed E-state index contributed by atoms with van der Waals surface area (Å²) in [5, 5.41) is 14.1. The van der Waals surface area contributed by atoms with E-state index in [1.54, 1.807) is 0 Å². The summed E-state index contributed by atoms with van der Waals surface area (Å²) in [5.74, 6) is 0.278. The van der Waals surface area contributed by atoms with E-state index in [0.717, 1.165) is 42.9 Å². The fourth-order valence-corrected chi connectivity index (χ4v) is 4.07. The van der Waals surface area contributed by atoms with Crippen LogP contribution in [-0.2, 0) is 4.79 Å². The summed E-state index contributed by atoms with van der Waals surface area (Å²) in [4.78, 5) is 12.6. The number of carbonyl (C=O) groups excluding carboxylic acids is 1. The minimum Gasteiger partial charge on any atom is -0.336 e. The Bertz CT molecular complexity index is 739. The number of hydrogen-bond acceptors (Lipinski definition) is 4. The van der Waals surface area contributed by atoms with Crippen molar-refractivity contribution in [1.82, 2.24) is 10.6 Å². The number of nitriles is 1. The van der Waals surface area contributed by atoms with Gasteiger partial charge < -0.3 is 5.32 Å². The zero-order valence-electron chi connectivity index (χ0n) is 15.1. The molecule has 2 saturated carbocycles. The summed E-state index contributed by atoms with van der Waals surface area (Å²) in [6.45, 7) is 0. The molecule has 1 aromatic carbocycles. The molecule has 0 unspecified atom stereocenters. The van der Waals surface area contributed by atoms with Crippen LogP contribution in [0.5, 0.6) is 0 Å². The van der Waals surface area contributed by atoms with Crippen molar-refractivity contribution in [3.05, 3.63) is 35.6 Å². The topological polar surface area (TPSA) is 64.9 Å². The van der Waals surface area contributed by atoms with Crippen LogP contribution in [0.15, 0.2) is 24.3 Å². The second kappa shape index (κ2) is 8.29. The number of nitrogens with one attached hydrogen (secondary N) is 2. The number of hydrogen-bond donors (Lipinski definition) is 2. The lowest BCUT2D eigenvalue weighted by Gasteiger charge is -2.28. The molecule has 2 fully saturated rings. The fraction of sp³-hybridized carbons (Fsp3) is 0.579. The number of thioether (sulfide) groups is 1. The lowest BCUT2D eigenvalue weighted by molar-refractivity contribution is -0.160. The van der Waals surface area contributed by atoms with Gasteiger partial charge >= 0.3 is 6.18 Å². The predicted octanol–water partition coefficient (Wildman–Crippen LogP) is 3.70.